The molecular weight excluding hydrogens is 1040 g/mol. The topological polar surface area (TPSA) is 95.9 Å². The van der Waals surface area contributed by atoms with Crippen LogP contribution in [0.5, 0.6) is 0 Å². The van der Waals surface area contributed by atoms with Crippen LogP contribution in [-0.2, 0) is 14.3 Å². The maximum Gasteiger partial charge on any atom is 0.305 e. The van der Waals surface area contributed by atoms with Gasteiger partial charge in [0.2, 0.25) is 5.91 Å². The van der Waals surface area contributed by atoms with E-state index in [9.17, 15) is 19.8 Å². The Hall–Kier alpha value is -1.14. The lowest BCUT2D eigenvalue weighted by Crippen LogP contribution is -2.45. The summed E-state index contributed by atoms with van der Waals surface area (Å²) in [6, 6.07) is -0.536. The largest absolute Gasteiger partial charge is 0.466 e. The van der Waals surface area contributed by atoms with Crippen LogP contribution in [0, 0.1) is 0 Å². The molecule has 0 fully saturated rings. The zero-order valence-corrected chi connectivity index (χ0v) is 58.4. The van der Waals surface area contributed by atoms with Crippen LogP contribution < -0.4 is 5.32 Å². The fourth-order valence-electron chi connectivity index (χ4n) is 13.1. The molecule has 2 unspecified atom stereocenters. The molecule has 2 atom stereocenters. The number of unbranched alkanes of at least 4 members (excludes halogenated alkanes) is 65. The molecule has 508 valence electrons. The summed E-state index contributed by atoms with van der Waals surface area (Å²) < 4.78 is 5.51. The van der Waals surface area contributed by atoms with E-state index in [0.717, 1.165) is 38.5 Å². The van der Waals surface area contributed by atoms with E-state index in [-0.39, 0.29) is 18.5 Å². The van der Waals surface area contributed by atoms with Gasteiger partial charge in [-0.3, -0.25) is 9.59 Å². The first kappa shape index (κ1) is 83.9. The monoisotopic (exact) mass is 1200 g/mol. The van der Waals surface area contributed by atoms with Gasteiger partial charge in [0.1, 0.15) is 0 Å². The van der Waals surface area contributed by atoms with Crippen LogP contribution >= 0.6 is 0 Å². The number of carbonyl (C=O) groups is 2. The minimum atomic E-state index is -0.660. The maximum absolute atomic E-state index is 12.5. The molecule has 0 bridgehead atoms. The Morgan fingerprint density at radius 1 is 0.282 bits per heavy atom. The molecule has 0 saturated heterocycles. The van der Waals surface area contributed by atoms with Crippen molar-refractivity contribution >= 4 is 11.9 Å². The number of amides is 1. The lowest BCUT2D eigenvalue weighted by molar-refractivity contribution is -0.143. The van der Waals surface area contributed by atoms with Gasteiger partial charge in [-0.1, -0.05) is 431 Å². The van der Waals surface area contributed by atoms with Gasteiger partial charge >= 0.3 is 5.97 Å². The first-order chi connectivity index (χ1) is 42.0. The summed E-state index contributed by atoms with van der Waals surface area (Å²) >= 11 is 0. The SMILES string of the molecule is CCCCCCCCCCCCCCCCCCCC(O)C(CO)NC(=O)CCCCCCCCCCCCCCCCCCCCCCCCCCCCCCCCCCCCCOC(=O)CCCCCCCCCCCCCCCCCC. The van der Waals surface area contributed by atoms with Crippen LogP contribution in [0.4, 0.5) is 0 Å². The summed E-state index contributed by atoms with van der Waals surface area (Å²) in [5.74, 6) is 0.00288. The second-order valence-corrected chi connectivity index (χ2v) is 27.8. The number of esters is 1. The van der Waals surface area contributed by atoms with Crippen molar-refractivity contribution < 1.29 is 24.5 Å². The molecule has 85 heavy (non-hydrogen) atoms. The lowest BCUT2D eigenvalue weighted by atomic mass is 10.0. The van der Waals surface area contributed by atoms with Crippen molar-refractivity contribution in [3.63, 3.8) is 0 Å². The Balaban J connectivity index is 3.29. The van der Waals surface area contributed by atoms with Crippen molar-refractivity contribution in [2.75, 3.05) is 13.2 Å². The predicted molar refractivity (Wildman–Crippen MR) is 375 cm³/mol. The number of ether oxygens (including phenoxy) is 1. The van der Waals surface area contributed by atoms with E-state index in [0.29, 0.717) is 25.9 Å². The Morgan fingerprint density at radius 3 is 0.718 bits per heavy atom. The maximum atomic E-state index is 12.5. The van der Waals surface area contributed by atoms with Gasteiger partial charge in [0.25, 0.3) is 0 Å². The molecule has 0 aromatic heterocycles. The lowest BCUT2D eigenvalue weighted by Gasteiger charge is -2.22. The van der Waals surface area contributed by atoms with Gasteiger partial charge < -0.3 is 20.3 Å². The van der Waals surface area contributed by atoms with Gasteiger partial charge in [-0.25, -0.2) is 0 Å². The van der Waals surface area contributed by atoms with Gasteiger partial charge in [-0.15, -0.1) is 0 Å². The third-order valence-corrected chi connectivity index (χ3v) is 19.2. The van der Waals surface area contributed by atoms with Gasteiger partial charge in [-0.2, -0.15) is 0 Å². The van der Waals surface area contributed by atoms with Crippen molar-refractivity contribution in [1.82, 2.24) is 5.32 Å². The highest BCUT2D eigenvalue weighted by atomic mass is 16.5. The summed E-state index contributed by atoms with van der Waals surface area (Å²) in [6.07, 6.45) is 93.5. The molecule has 6 nitrogen and oxygen atoms in total. The van der Waals surface area contributed by atoms with Crippen molar-refractivity contribution in [1.29, 1.82) is 0 Å². The average molecular weight is 1200 g/mol. The quantitative estimate of drug-likeness (QED) is 0.0417. The van der Waals surface area contributed by atoms with E-state index in [4.69, 9.17) is 4.74 Å². The summed E-state index contributed by atoms with van der Waals surface area (Å²) in [7, 11) is 0. The smallest absolute Gasteiger partial charge is 0.305 e. The van der Waals surface area contributed by atoms with Crippen molar-refractivity contribution in [2.24, 2.45) is 0 Å². The number of rotatable bonds is 76. The molecule has 0 heterocycles. The second-order valence-electron chi connectivity index (χ2n) is 27.8. The van der Waals surface area contributed by atoms with Crippen LogP contribution in [0.2, 0.25) is 0 Å². The Labute approximate surface area is 534 Å². The number of hydrogen-bond donors (Lipinski definition) is 3. The van der Waals surface area contributed by atoms with Gasteiger partial charge in [0.15, 0.2) is 0 Å². The van der Waals surface area contributed by atoms with Crippen LogP contribution in [0.1, 0.15) is 470 Å². The van der Waals surface area contributed by atoms with Gasteiger partial charge in [0, 0.05) is 12.8 Å². The van der Waals surface area contributed by atoms with E-state index >= 15 is 0 Å². The molecule has 0 aliphatic rings. The number of aliphatic hydroxyl groups is 2. The fourth-order valence-corrected chi connectivity index (χ4v) is 13.1. The van der Waals surface area contributed by atoms with E-state index in [1.54, 1.807) is 0 Å². The molecule has 0 radical (unpaired) electrons. The first-order valence-corrected chi connectivity index (χ1v) is 39.8. The summed E-state index contributed by atoms with van der Waals surface area (Å²) in [5, 5.41) is 23.4. The molecule has 0 spiro atoms. The molecule has 0 aromatic rings. The highest BCUT2D eigenvalue weighted by Gasteiger charge is 2.20. The molecule has 0 saturated carbocycles. The number of hydrogen-bond acceptors (Lipinski definition) is 5. The molecule has 1 amide bonds. The highest BCUT2D eigenvalue weighted by Crippen LogP contribution is 2.21. The Morgan fingerprint density at radius 2 is 0.482 bits per heavy atom. The zero-order valence-electron chi connectivity index (χ0n) is 58.4. The van der Waals surface area contributed by atoms with Crippen LogP contribution in [0.25, 0.3) is 0 Å². The van der Waals surface area contributed by atoms with Crippen LogP contribution in [-0.4, -0.2) is 47.4 Å². The molecular formula is C79H157NO5. The second kappa shape index (κ2) is 75.3. The minimum absolute atomic E-state index is 0.0246. The van der Waals surface area contributed by atoms with E-state index < -0.39 is 12.1 Å². The average Bonchev–Trinajstić information content (AvgIpc) is 3.51. The van der Waals surface area contributed by atoms with Crippen LogP contribution in [0.3, 0.4) is 0 Å². The number of nitrogens with one attached hydrogen (secondary N) is 1. The van der Waals surface area contributed by atoms with E-state index in [1.165, 1.54) is 398 Å². The molecule has 3 N–H and O–H groups in total. The normalized spacial score (nSPS) is 12.4. The standard InChI is InChI=1S/C79H157NO5/c1-3-5-7-9-11-13-15-17-19-40-43-47-51-55-59-63-67-71-77(82)76(75-81)80-78(83)72-68-64-60-56-52-48-44-41-38-36-34-32-30-28-26-24-22-21-23-25-27-29-31-33-35-37-39-42-46-50-54-58-62-66-70-74-85-79(84)73-69-65-61-57-53-49-45-20-18-16-14-12-10-8-6-4-2/h76-77,81-82H,3-75H2,1-2H3,(H,80,83). The minimum Gasteiger partial charge on any atom is -0.466 e. The van der Waals surface area contributed by atoms with E-state index in [2.05, 4.69) is 19.2 Å². The molecule has 0 aliphatic heterocycles. The number of aliphatic hydroxyl groups excluding tert-OH is 2. The van der Waals surface area contributed by atoms with E-state index in [1.807, 2.05) is 0 Å². The van der Waals surface area contributed by atoms with Crippen molar-refractivity contribution in [2.45, 2.75) is 482 Å². The van der Waals surface area contributed by atoms with Crippen LogP contribution in [0.15, 0.2) is 0 Å². The van der Waals surface area contributed by atoms with Gasteiger partial charge in [0.05, 0.1) is 25.4 Å². The predicted octanol–water partition coefficient (Wildman–Crippen LogP) is 26.1. The third kappa shape index (κ3) is 71.8. The highest BCUT2D eigenvalue weighted by molar-refractivity contribution is 5.76. The number of carbonyl (C=O) groups excluding carboxylic acids is 2. The summed E-state index contributed by atoms with van der Waals surface area (Å²) in [4.78, 5) is 24.6. The van der Waals surface area contributed by atoms with Crippen molar-refractivity contribution in [3.8, 4) is 0 Å². The third-order valence-electron chi connectivity index (χ3n) is 19.2. The van der Waals surface area contributed by atoms with Gasteiger partial charge in [-0.05, 0) is 25.7 Å². The zero-order chi connectivity index (χ0) is 61.3. The molecule has 0 aromatic carbocycles. The molecule has 6 heteroatoms. The Bertz CT molecular complexity index is 1240. The molecule has 0 aliphatic carbocycles. The summed E-state index contributed by atoms with van der Waals surface area (Å²) in [5.41, 5.74) is 0. The first-order valence-electron chi connectivity index (χ1n) is 39.8. The Kier molecular flexibility index (Phi) is 74.3. The molecule has 0 rings (SSSR count). The fraction of sp³-hybridized carbons (Fsp3) is 0.975. The van der Waals surface area contributed by atoms with Crippen molar-refractivity contribution in [3.05, 3.63) is 0 Å². The summed E-state index contributed by atoms with van der Waals surface area (Å²) in [6.45, 7) is 5.02.